The summed E-state index contributed by atoms with van der Waals surface area (Å²) in [5, 5.41) is 2.72. The maximum absolute atomic E-state index is 11.0. The Kier molecular flexibility index (Phi) is 5.66. The van der Waals surface area contributed by atoms with Gasteiger partial charge in [0, 0.05) is 26.1 Å². The van der Waals surface area contributed by atoms with Gasteiger partial charge in [0.1, 0.15) is 0 Å². The minimum atomic E-state index is -0.0807. The van der Waals surface area contributed by atoms with Crippen molar-refractivity contribution in [1.82, 2.24) is 5.32 Å². The molecular weight excluding hydrogens is 156 g/mol. The van der Waals surface area contributed by atoms with Crippen LogP contribution in [0.3, 0.4) is 0 Å². The largest absolute Gasteiger partial charge is 0.380 e. The van der Waals surface area contributed by atoms with E-state index in [2.05, 4.69) is 5.32 Å². The zero-order valence-electron chi connectivity index (χ0n) is 7.96. The van der Waals surface area contributed by atoms with Gasteiger partial charge in [0.25, 0.3) is 0 Å². The zero-order chi connectivity index (χ0) is 9.56. The van der Waals surface area contributed by atoms with Crippen molar-refractivity contribution in [2.24, 2.45) is 5.73 Å². The van der Waals surface area contributed by atoms with Crippen LogP contribution in [0.2, 0.25) is 0 Å². The number of ether oxygens (including phenoxy) is 1. The van der Waals surface area contributed by atoms with Crippen molar-refractivity contribution in [3.8, 4) is 0 Å². The number of amides is 1. The molecule has 4 nitrogen and oxygen atoms in total. The number of hydrogen-bond donors (Lipinski definition) is 2. The minimum absolute atomic E-state index is 0.0195. The van der Waals surface area contributed by atoms with E-state index in [0.717, 1.165) is 0 Å². The molecule has 0 aliphatic rings. The van der Waals surface area contributed by atoms with Crippen LogP contribution in [0.4, 0.5) is 0 Å². The molecule has 2 atom stereocenters. The maximum atomic E-state index is 11.0. The summed E-state index contributed by atoms with van der Waals surface area (Å²) in [5.74, 6) is -0.0195. The summed E-state index contributed by atoms with van der Waals surface area (Å²) in [4.78, 5) is 11.0. The van der Waals surface area contributed by atoms with E-state index >= 15 is 0 Å². The van der Waals surface area contributed by atoms with Crippen LogP contribution in [0.1, 0.15) is 20.3 Å². The van der Waals surface area contributed by atoms with Gasteiger partial charge in [-0.2, -0.15) is 0 Å². The molecule has 0 radical (unpaired) electrons. The van der Waals surface area contributed by atoms with Crippen molar-refractivity contribution in [2.45, 2.75) is 32.4 Å². The summed E-state index contributed by atoms with van der Waals surface area (Å²) in [7, 11) is 1.61. The molecule has 0 saturated carbocycles. The van der Waals surface area contributed by atoms with Crippen LogP contribution in [-0.2, 0) is 9.53 Å². The molecule has 0 aromatic heterocycles. The number of methoxy groups -OCH3 is 1. The van der Waals surface area contributed by atoms with E-state index in [4.69, 9.17) is 10.5 Å². The Bertz CT molecular complexity index is 137. The van der Waals surface area contributed by atoms with E-state index in [9.17, 15) is 4.79 Å². The Balaban J connectivity index is 3.44. The van der Waals surface area contributed by atoms with Crippen molar-refractivity contribution in [2.75, 3.05) is 13.7 Å². The molecule has 0 bridgehead atoms. The molecule has 72 valence electrons. The van der Waals surface area contributed by atoms with Gasteiger partial charge in [0.15, 0.2) is 0 Å². The molecule has 12 heavy (non-hydrogen) atoms. The summed E-state index contributed by atoms with van der Waals surface area (Å²) in [5.41, 5.74) is 5.44. The van der Waals surface area contributed by atoms with E-state index < -0.39 is 0 Å². The first-order valence-electron chi connectivity index (χ1n) is 4.11. The molecule has 0 aliphatic heterocycles. The first-order chi connectivity index (χ1) is 5.56. The fourth-order valence-electron chi connectivity index (χ4n) is 0.705. The van der Waals surface area contributed by atoms with Crippen molar-refractivity contribution in [3.63, 3.8) is 0 Å². The van der Waals surface area contributed by atoms with Crippen LogP contribution < -0.4 is 11.1 Å². The maximum Gasteiger partial charge on any atom is 0.221 e. The summed E-state index contributed by atoms with van der Waals surface area (Å²) in [6.07, 6.45) is 0.429. The third-order valence-corrected chi connectivity index (χ3v) is 1.50. The highest BCUT2D eigenvalue weighted by Crippen LogP contribution is 1.88. The highest BCUT2D eigenvalue weighted by molar-refractivity contribution is 5.76. The second-order valence-electron chi connectivity index (χ2n) is 3.03. The summed E-state index contributed by atoms with van der Waals surface area (Å²) >= 11 is 0. The quantitative estimate of drug-likeness (QED) is 0.610. The van der Waals surface area contributed by atoms with Crippen molar-refractivity contribution in [3.05, 3.63) is 0 Å². The van der Waals surface area contributed by atoms with Crippen LogP contribution in [-0.4, -0.2) is 31.7 Å². The van der Waals surface area contributed by atoms with E-state index in [-0.39, 0.29) is 18.1 Å². The number of hydrogen-bond acceptors (Lipinski definition) is 3. The second-order valence-corrected chi connectivity index (χ2v) is 3.03. The SMILES string of the molecule is COC(C)CNC(=O)CC(C)N. The first-order valence-corrected chi connectivity index (χ1v) is 4.11. The lowest BCUT2D eigenvalue weighted by Crippen LogP contribution is -2.34. The molecule has 0 aromatic rings. The topological polar surface area (TPSA) is 64.3 Å². The molecule has 1 amide bonds. The number of rotatable bonds is 5. The minimum Gasteiger partial charge on any atom is -0.380 e. The Morgan fingerprint density at radius 2 is 2.17 bits per heavy atom. The Morgan fingerprint density at radius 3 is 2.58 bits per heavy atom. The normalized spacial score (nSPS) is 15.3. The van der Waals surface area contributed by atoms with E-state index in [1.807, 2.05) is 6.92 Å². The number of carbonyl (C=O) groups excluding carboxylic acids is 1. The summed E-state index contributed by atoms with van der Waals surface area (Å²) in [6, 6.07) is -0.0807. The molecule has 2 unspecified atom stereocenters. The third-order valence-electron chi connectivity index (χ3n) is 1.50. The average molecular weight is 174 g/mol. The van der Waals surface area contributed by atoms with Gasteiger partial charge in [-0.15, -0.1) is 0 Å². The summed E-state index contributed by atoms with van der Waals surface area (Å²) in [6.45, 7) is 4.24. The van der Waals surface area contributed by atoms with Crippen LogP contribution in [0.15, 0.2) is 0 Å². The van der Waals surface area contributed by atoms with Gasteiger partial charge in [-0.25, -0.2) is 0 Å². The van der Waals surface area contributed by atoms with Crippen molar-refractivity contribution >= 4 is 5.91 Å². The van der Waals surface area contributed by atoms with Gasteiger partial charge in [-0.1, -0.05) is 0 Å². The highest BCUT2D eigenvalue weighted by atomic mass is 16.5. The smallest absolute Gasteiger partial charge is 0.221 e. The molecule has 0 aromatic carbocycles. The predicted octanol–water partition coefficient (Wildman–Crippen LogP) is -0.125. The van der Waals surface area contributed by atoms with Gasteiger partial charge < -0.3 is 15.8 Å². The standard InChI is InChI=1S/C8H18N2O2/c1-6(9)4-8(11)10-5-7(2)12-3/h6-7H,4-5,9H2,1-3H3,(H,10,11). The molecule has 0 saturated heterocycles. The van der Waals surface area contributed by atoms with Crippen LogP contribution in [0, 0.1) is 0 Å². The molecule has 0 spiro atoms. The first kappa shape index (κ1) is 11.4. The molecule has 0 fully saturated rings. The van der Waals surface area contributed by atoms with Gasteiger partial charge in [0.05, 0.1) is 6.10 Å². The van der Waals surface area contributed by atoms with Crippen LogP contribution in [0.25, 0.3) is 0 Å². The van der Waals surface area contributed by atoms with E-state index in [1.54, 1.807) is 14.0 Å². The Hall–Kier alpha value is -0.610. The van der Waals surface area contributed by atoms with Gasteiger partial charge in [0.2, 0.25) is 5.91 Å². The fourth-order valence-corrected chi connectivity index (χ4v) is 0.705. The fraction of sp³-hybridized carbons (Fsp3) is 0.875. The molecule has 0 aliphatic carbocycles. The predicted molar refractivity (Wildman–Crippen MR) is 47.7 cm³/mol. The van der Waals surface area contributed by atoms with Crippen LogP contribution >= 0.6 is 0 Å². The lowest BCUT2D eigenvalue weighted by atomic mass is 10.2. The lowest BCUT2D eigenvalue weighted by Gasteiger charge is -2.11. The highest BCUT2D eigenvalue weighted by Gasteiger charge is 2.05. The van der Waals surface area contributed by atoms with Crippen molar-refractivity contribution < 1.29 is 9.53 Å². The lowest BCUT2D eigenvalue weighted by molar-refractivity contribution is -0.121. The Labute approximate surface area is 73.5 Å². The van der Waals surface area contributed by atoms with E-state index in [0.29, 0.717) is 13.0 Å². The second kappa shape index (κ2) is 5.97. The average Bonchev–Trinajstić information content (AvgIpc) is 1.99. The molecular formula is C8H18N2O2. The molecule has 3 N–H and O–H groups in total. The van der Waals surface area contributed by atoms with Gasteiger partial charge in [-0.3, -0.25) is 4.79 Å². The summed E-state index contributed by atoms with van der Waals surface area (Å²) < 4.78 is 4.96. The van der Waals surface area contributed by atoms with Crippen LogP contribution in [0.5, 0.6) is 0 Å². The molecule has 0 heterocycles. The van der Waals surface area contributed by atoms with Gasteiger partial charge >= 0.3 is 0 Å². The molecule has 0 rings (SSSR count). The zero-order valence-corrected chi connectivity index (χ0v) is 7.96. The number of carbonyl (C=O) groups is 1. The number of nitrogens with two attached hydrogens (primary N) is 1. The Morgan fingerprint density at radius 1 is 1.58 bits per heavy atom. The van der Waals surface area contributed by atoms with Gasteiger partial charge in [-0.05, 0) is 13.8 Å². The molecule has 4 heteroatoms. The van der Waals surface area contributed by atoms with Crippen molar-refractivity contribution in [1.29, 1.82) is 0 Å². The monoisotopic (exact) mass is 174 g/mol. The number of nitrogens with one attached hydrogen (secondary N) is 1. The third kappa shape index (κ3) is 6.12. The van der Waals surface area contributed by atoms with E-state index in [1.165, 1.54) is 0 Å².